The fourth-order valence-electron chi connectivity index (χ4n) is 3.41. The zero-order valence-corrected chi connectivity index (χ0v) is 21.7. The molecule has 0 aliphatic carbocycles. The molecule has 0 spiro atoms. The topological polar surface area (TPSA) is 114 Å². The van der Waals surface area contributed by atoms with Gasteiger partial charge in [0.15, 0.2) is 0 Å². The van der Waals surface area contributed by atoms with E-state index in [1.54, 1.807) is 22.7 Å². The molecule has 182 valence electrons. The molecule has 12 heteroatoms. The summed E-state index contributed by atoms with van der Waals surface area (Å²) in [5.41, 5.74) is 2.71. The fourth-order valence-corrected chi connectivity index (χ4v) is 5.09. The van der Waals surface area contributed by atoms with E-state index in [0.717, 1.165) is 38.9 Å². The van der Waals surface area contributed by atoms with Gasteiger partial charge in [0.25, 0.3) is 0 Å². The molecule has 0 atom stereocenters. The zero-order chi connectivity index (χ0) is 23.9. The Morgan fingerprint density at radius 3 is 2.29 bits per heavy atom. The predicted octanol–water partition coefficient (Wildman–Crippen LogP) is 3.41. The number of hydrogen-bond acceptors (Lipinski definition) is 10. The fraction of sp³-hybridized carbons (Fsp3) is 0.455. The van der Waals surface area contributed by atoms with Crippen LogP contribution in [0.25, 0.3) is 0 Å². The molecule has 34 heavy (non-hydrogen) atoms. The lowest BCUT2D eigenvalue weighted by molar-refractivity contribution is 0.847. The number of nitrogens with one attached hydrogen (secondary N) is 4. The van der Waals surface area contributed by atoms with E-state index < -0.39 is 0 Å². The summed E-state index contributed by atoms with van der Waals surface area (Å²) in [5, 5.41) is 25.4. The molecule has 0 fully saturated rings. The van der Waals surface area contributed by atoms with E-state index in [-0.39, 0.29) is 0 Å². The normalized spacial score (nSPS) is 11.1. The van der Waals surface area contributed by atoms with E-state index >= 15 is 0 Å². The van der Waals surface area contributed by atoms with Gasteiger partial charge in [-0.3, -0.25) is 0 Å². The van der Waals surface area contributed by atoms with Gasteiger partial charge in [-0.15, -0.1) is 32.9 Å². The van der Waals surface area contributed by atoms with E-state index in [4.69, 9.17) is 0 Å². The first kappa shape index (κ1) is 24.0. The molecular weight excluding hydrogens is 468 g/mol. The van der Waals surface area contributed by atoms with E-state index in [1.807, 2.05) is 26.0 Å². The largest absolute Gasteiger partial charge is 0.354 e. The van der Waals surface area contributed by atoms with E-state index in [1.165, 1.54) is 20.9 Å². The van der Waals surface area contributed by atoms with Gasteiger partial charge >= 0.3 is 0 Å². The quantitative estimate of drug-likeness (QED) is 0.221. The molecule has 0 radical (unpaired) electrons. The Morgan fingerprint density at radius 1 is 0.912 bits per heavy atom. The SMILES string of the molecule is Cc1sccc1CCNc1nc(N(C)CCc2cc(CCNc3nc(N(C)C)n[nH]3)cs2)n[nH]1. The number of thiophene rings is 2. The van der Waals surface area contributed by atoms with Crippen LogP contribution in [-0.2, 0) is 19.3 Å². The van der Waals surface area contributed by atoms with Crippen molar-refractivity contribution in [1.82, 2.24) is 30.4 Å². The summed E-state index contributed by atoms with van der Waals surface area (Å²) >= 11 is 3.59. The maximum atomic E-state index is 4.58. The van der Waals surface area contributed by atoms with Crippen LogP contribution in [-0.4, -0.2) is 71.1 Å². The zero-order valence-electron chi connectivity index (χ0n) is 20.1. The van der Waals surface area contributed by atoms with Crippen LogP contribution >= 0.6 is 22.7 Å². The summed E-state index contributed by atoms with van der Waals surface area (Å²) in [6, 6.07) is 4.47. The van der Waals surface area contributed by atoms with Crippen molar-refractivity contribution >= 4 is 46.5 Å². The summed E-state index contributed by atoms with van der Waals surface area (Å²) in [6.07, 6.45) is 2.87. The molecule has 0 saturated heterocycles. The smallest absolute Gasteiger partial charge is 0.246 e. The molecule has 0 aromatic carbocycles. The number of hydrogen-bond donors (Lipinski definition) is 4. The number of nitrogens with zero attached hydrogens (tertiary/aromatic N) is 6. The molecule has 0 aliphatic heterocycles. The second-order valence-electron chi connectivity index (χ2n) is 8.31. The number of anilines is 4. The third-order valence-electron chi connectivity index (χ3n) is 5.45. The predicted molar refractivity (Wildman–Crippen MR) is 142 cm³/mol. The maximum Gasteiger partial charge on any atom is 0.246 e. The first-order chi connectivity index (χ1) is 16.5. The number of H-pyrrole nitrogens is 2. The van der Waals surface area contributed by atoms with Crippen LogP contribution in [0.5, 0.6) is 0 Å². The van der Waals surface area contributed by atoms with Crippen LogP contribution < -0.4 is 20.4 Å². The third kappa shape index (κ3) is 6.48. The average molecular weight is 501 g/mol. The standard InChI is InChI=1S/C22H32N10S2/c1-15-17(8-12-33-15)6-10-24-20-26-22(30-28-20)32(4)11-7-18-13-16(14-34-18)5-9-23-19-25-21(29-27-19)31(2)3/h8,12-14H,5-7,9-11H2,1-4H3,(H2,23,25,27,29)(H2,24,26,28,30). The van der Waals surface area contributed by atoms with Gasteiger partial charge < -0.3 is 20.4 Å². The molecule has 10 nitrogen and oxygen atoms in total. The Balaban J connectivity index is 1.17. The van der Waals surface area contributed by atoms with Crippen LogP contribution in [0.3, 0.4) is 0 Å². The molecule has 0 saturated carbocycles. The van der Waals surface area contributed by atoms with Gasteiger partial charge in [0.1, 0.15) is 0 Å². The molecule has 0 unspecified atom stereocenters. The van der Waals surface area contributed by atoms with E-state index in [9.17, 15) is 0 Å². The minimum absolute atomic E-state index is 0.673. The highest BCUT2D eigenvalue weighted by atomic mass is 32.1. The highest BCUT2D eigenvalue weighted by molar-refractivity contribution is 7.10. The van der Waals surface area contributed by atoms with Crippen molar-refractivity contribution in [3.8, 4) is 0 Å². The second-order valence-corrected chi connectivity index (χ2v) is 10.4. The van der Waals surface area contributed by atoms with Gasteiger partial charge in [-0.1, -0.05) is 0 Å². The van der Waals surface area contributed by atoms with Crippen LogP contribution in [0.1, 0.15) is 20.9 Å². The minimum Gasteiger partial charge on any atom is -0.354 e. The molecular formula is C22H32N10S2. The lowest BCUT2D eigenvalue weighted by atomic mass is 10.2. The first-order valence-corrected chi connectivity index (χ1v) is 13.0. The summed E-state index contributed by atoms with van der Waals surface area (Å²) in [4.78, 5) is 15.6. The van der Waals surface area contributed by atoms with Crippen molar-refractivity contribution in [1.29, 1.82) is 0 Å². The molecule has 4 aromatic heterocycles. The summed E-state index contributed by atoms with van der Waals surface area (Å²) in [7, 11) is 5.87. The molecule has 0 amide bonds. The minimum atomic E-state index is 0.673. The van der Waals surface area contributed by atoms with Crippen LogP contribution in [0.15, 0.2) is 22.9 Å². The highest BCUT2D eigenvalue weighted by Gasteiger charge is 2.10. The molecule has 4 rings (SSSR count). The second kappa shape index (κ2) is 11.3. The Morgan fingerprint density at radius 2 is 1.62 bits per heavy atom. The van der Waals surface area contributed by atoms with Crippen molar-refractivity contribution in [2.75, 3.05) is 61.2 Å². The van der Waals surface area contributed by atoms with Crippen molar-refractivity contribution < 1.29 is 0 Å². The van der Waals surface area contributed by atoms with Crippen molar-refractivity contribution in [2.45, 2.75) is 26.2 Å². The summed E-state index contributed by atoms with van der Waals surface area (Å²) in [5.74, 6) is 2.79. The van der Waals surface area contributed by atoms with Gasteiger partial charge in [-0.25, -0.2) is 10.2 Å². The number of aryl methyl sites for hydroxylation is 1. The monoisotopic (exact) mass is 500 g/mol. The number of likely N-dealkylation sites (N-methyl/N-ethyl adjacent to an activating group) is 1. The van der Waals surface area contributed by atoms with Gasteiger partial charge in [0, 0.05) is 50.5 Å². The third-order valence-corrected chi connectivity index (χ3v) is 7.38. The summed E-state index contributed by atoms with van der Waals surface area (Å²) in [6.45, 7) is 4.65. The molecule has 4 aromatic rings. The number of rotatable bonds is 13. The summed E-state index contributed by atoms with van der Waals surface area (Å²) < 4.78 is 0. The van der Waals surface area contributed by atoms with E-state index in [0.29, 0.717) is 23.8 Å². The van der Waals surface area contributed by atoms with Crippen LogP contribution in [0.4, 0.5) is 23.8 Å². The lowest BCUT2D eigenvalue weighted by Crippen LogP contribution is -2.21. The molecule has 0 bridgehead atoms. The van der Waals surface area contributed by atoms with E-state index in [2.05, 4.69) is 75.7 Å². The maximum absolute atomic E-state index is 4.58. The lowest BCUT2D eigenvalue weighted by Gasteiger charge is -2.13. The first-order valence-electron chi connectivity index (χ1n) is 11.3. The Bertz CT molecular complexity index is 1160. The Kier molecular flexibility index (Phi) is 8.01. The Hall–Kier alpha value is -3.12. The average Bonchev–Trinajstić information content (AvgIpc) is 3.61. The van der Waals surface area contributed by atoms with Crippen molar-refractivity contribution in [3.63, 3.8) is 0 Å². The highest BCUT2D eigenvalue weighted by Crippen LogP contribution is 2.18. The molecule has 0 aliphatic rings. The van der Waals surface area contributed by atoms with Gasteiger partial charge in [0.05, 0.1) is 0 Å². The van der Waals surface area contributed by atoms with Crippen LogP contribution in [0, 0.1) is 6.92 Å². The van der Waals surface area contributed by atoms with Crippen molar-refractivity contribution in [3.05, 3.63) is 43.8 Å². The number of aromatic amines is 2. The Labute approximate surface area is 207 Å². The van der Waals surface area contributed by atoms with Crippen molar-refractivity contribution in [2.24, 2.45) is 0 Å². The molecule has 4 N–H and O–H groups in total. The van der Waals surface area contributed by atoms with Gasteiger partial charge in [-0.05, 0) is 60.2 Å². The van der Waals surface area contributed by atoms with Crippen LogP contribution in [0.2, 0.25) is 0 Å². The van der Waals surface area contributed by atoms with Gasteiger partial charge in [0.2, 0.25) is 23.8 Å². The molecule has 4 heterocycles. The van der Waals surface area contributed by atoms with Gasteiger partial charge in [-0.2, -0.15) is 9.97 Å². The number of aromatic nitrogens is 6.